The molecule has 0 amide bonds. The lowest BCUT2D eigenvalue weighted by atomic mass is 10.6. The van der Waals surface area contributed by atoms with E-state index in [0.717, 1.165) is 5.00 Å². The van der Waals surface area contributed by atoms with Gasteiger partial charge in [0.1, 0.15) is 0 Å². The maximum absolute atomic E-state index is 9.65. The molecule has 54 valence electrons. The summed E-state index contributed by atoms with van der Waals surface area (Å²) >= 11 is 1.62. The third-order valence-corrected chi connectivity index (χ3v) is 1.85. The summed E-state index contributed by atoms with van der Waals surface area (Å²) in [6.45, 7) is 0.960. The molecule has 0 aromatic carbocycles. The van der Waals surface area contributed by atoms with E-state index in [1.54, 1.807) is 11.3 Å². The van der Waals surface area contributed by atoms with Gasteiger partial charge in [0.15, 0.2) is 0 Å². The zero-order chi connectivity index (χ0) is 7.23. The molecule has 0 unspecified atom stereocenters. The maximum atomic E-state index is 9.65. The Hall–Kier alpha value is -0.900. The number of thiophene rings is 1. The lowest BCUT2D eigenvalue weighted by molar-refractivity contribution is 1.02. The molecule has 0 bridgehead atoms. The number of hydrogen-bond donors (Lipinski definition) is 1. The molecule has 1 aromatic heterocycles. The summed E-state index contributed by atoms with van der Waals surface area (Å²) in [5.41, 5.74) is 0. The van der Waals surface area contributed by atoms with E-state index in [0.29, 0.717) is 13.1 Å². The fourth-order valence-corrected chi connectivity index (χ4v) is 1.25. The van der Waals surface area contributed by atoms with Crippen molar-refractivity contribution in [3.8, 4) is 0 Å². The van der Waals surface area contributed by atoms with Gasteiger partial charge in [-0.15, -0.1) is 11.3 Å². The summed E-state index contributed by atoms with van der Waals surface area (Å²) in [5, 5.41) is 8.85. The predicted molar refractivity (Wildman–Crippen MR) is 43.5 cm³/mol. The lowest BCUT2D eigenvalue weighted by Crippen LogP contribution is -2.01. The van der Waals surface area contributed by atoms with Crippen LogP contribution in [0.1, 0.15) is 0 Å². The molecule has 0 spiro atoms. The van der Waals surface area contributed by atoms with Crippen molar-refractivity contribution in [2.75, 3.05) is 18.4 Å². The van der Waals surface area contributed by atoms with Gasteiger partial charge in [-0.05, 0) is 17.5 Å². The van der Waals surface area contributed by atoms with Gasteiger partial charge in [0.05, 0.1) is 11.5 Å². The first-order valence-electron chi connectivity index (χ1n) is 3.00. The Morgan fingerprint density at radius 3 is 3.20 bits per heavy atom. The van der Waals surface area contributed by atoms with Crippen molar-refractivity contribution in [2.24, 2.45) is 5.18 Å². The normalized spacial score (nSPS) is 9.20. The number of hydrogen-bond acceptors (Lipinski definition) is 4. The highest BCUT2D eigenvalue weighted by molar-refractivity contribution is 7.14. The summed E-state index contributed by atoms with van der Waals surface area (Å²) in [7, 11) is 0. The van der Waals surface area contributed by atoms with Gasteiger partial charge >= 0.3 is 0 Å². The third-order valence-electron chi connectivity index (χ3n) is 1.02. The first-order chi connectivity index (χ1) is 4.93. The Labute approximate surface area is 63.0 Å². The summed E-state index contributed by atoms with van der Waals surface area (Å²) < 4.78 is 0. The van der Waals surface area contributed by atoms with E-state index in [2.05, 4.69) is 10.5 Å². The third kappa shape index (κ3) is 2.14. The molecule has 1 rings (SSSR count). The molecule has 0 atom stereocenters. The van der Waals surface area contributed by atoms with Crippen LogP contribution in [0.3, 0.4) is 0 Å². The van der Waals surface area contributed by atoms with Gasteiger partial charge in [-0.25, -0.2) is 0 Å². The van der Waals surface area contributed by atoms with E-state index in [1.807, 2.05) is 17.5 Å². The van der Waals surface area contributed by atoms with Crippen LogP contribution in [0.15, 0.2) is 22.7 Å². The molecular weight excluding hydrogens is 148 g/mol. The minimum absolute atomic E-state index is 0.331. The van der Waals surface area contributed by atoms with E-state index in [1.165, 1.54) is 0 Å². The van der Waals surface area contributed by atoms with Crippen molar-refractivity contribution in [1.29, 1.82) is 0 Å². The average Bonchev–Trinajstić information content (AvgIpc) is 2.41. The van der Waals surface area contributed by atoms with Crippen LogP contribution in [-0.4, -0.2) is 13.1 Å². The summed E-state index contributed by atoms with van der Waals surface area (Å²) in [6, 6.07) is 3.93. The second kappa shape index (κ2) is 4.00. The molecule has 4 heteroatoms. The van der Waals surface area contributed by atoms with E-state index in [9.17, 15) is 4.91 Å². The Morgan fingerprint density at radius 2 is 2.60 bits per heavy atom. The van der Waals surface area contributed by atoms with Crippen LogP contribution >= 0.6 is 11.3 Å². The minimum Gasteiger partial charge on any atom is -0.375 e. The number of nitrogens with one attached hydrogen (secondary N) is 1. The Kier molecular flexibility index (Phi) is 2.89. The number of nitroso groups, excluding NO2 is 1. The highest BCUT2D eigenvalue weighted by Gasteiger charge is 1.88. The highest BCUT2D eigenvalue weighted by Crippen LogP contribution is 2.13. The monoisotopic (exact) mass is 156 g/mol. The van der Waals surface area contributed by atoms with E-state index < -0.39 is 0 Å². The molecular formula is C6H8N2OS. The first kappa shape index (κ1) is 7.21. The molecule has 0 fully saturated rings. The zero-order valence-corrected chi connectivity index (χ0v) is 6.23. The largest absolute Gasteiger partial charge is 0.375 e. The predicted octanol–water partition coefficient (Wildman–Crippen LogP) is 1.93. The smallest absolute Gasteiger partial charge is 0.0983 e. The van der Waals surface area contributed by atoms with Crippen LogP contribution in [0.5, 0.6) is 0 Å². The van der Waals surface area contributed by atoms with E-state index in [-0.39, 0.29) is 0 Å². The molecule has 0 aliphatic carbocycles. The van der Waals surface area contributed by atoms with Gasteiger partial charge in [0, 0.05) is 6.54 Å². The average molecular weight is 156 g/mol. The molecule has 1 N–H and O–H groups in total. The van der Waals surface area contributed by atoms with Crippen molar-refractivity contribution in [3.63, 3.8) is 0 Å². The topological polar surface area (TPSA) is 41.5 Å². The summed E-state index contributed by atoms with van der Waals surface area (Å²) in [6.07, 6.45) is 0. The Morgan fingerprint density at radius 1 is 1.70 bits per heavy atom. The molecule has 10 heavy (non-hydrogen) atoms. The second-order valence-corrected chi connectivity index (χ2v) is 2.70. The van der Waals surface area contributed by atoms with Crippen LogP contribution < -0.4 is 5.32 Å². The van der Waals surface area contributed by atoms with Crippen molar-refractivity contribution >= 4 is 16.3 Å². The van der Waals surface area contributed by atoms with Crippen LogP contribution in [0, 0.1) is 4.91 Å². The molecule has 0 radical (unpaired) electrons. The van der Waals surface area contributed by atoms with Crippen LogP contribution in [0.2, 0.25) is 0 Å². The second-order valence-electron chi connectivity index (χ2n) is 1.76. The molecule has 0 aliphatic rings. The lowest BCUT2D eigenvalue weighted by Gasteiger charge is -1.96. The van der Waals surface area contributed by atoms with Gasteiger partial charge in [0.25, 0.3) is 0 Å². The van der Waals surface area contributed by atoms with Crippen molar-refractivity contribution in [2.45, 2.75) is 0 Å². The molecule has 0 saturated carbocycles. The maximum Gasteiger partial charge on any atom is 0.0983 e. The van der Waals surface area contributed by atoms with Gasteiger partial charge in [0.2, 0.25) is 0 Å². The molecule has 0 saturated heterocycles. The number of anilines is 1. The fourth-order valence-electron chi connectivity index (χ4n) is 0.604. The van der Waals surface area contributed by atoms with Crippen molar-refractivity contribution in [1.82, 2.24) is 0 Å². The van der Waals surface area contributed by atoms with Crippen molar-refractivity contribution < 1.29 is 0 Å². The molecule has 3 nitrogen and oxygen atoms in total. The van der Waals surface area contributed by atoms with Crippen molar-refractivity contribution in [3.05, 3.63) is 22.4 Å². The first-order valence-corrected chi connectivity index (χ1v) is 3.88. The summed E-state index contributed by atoms with van der Waals surface area (Å²) in [4.78, 5) is 9.65. The SMILES string of the molecule is O=NCCNc1cccs1. The van der Waals surface area contributed by atoms with Gasteiger partial charge in [-0.1, -0.05) is 5.18 Å². The van der Waals surface area contributed by atoms with Gasteiger partial charge in [-0.3, -0.25) is 0 Å². The van der Waals surface area contributed by atoms with Crippen LogP contribution in [-0.2, 0) is 0 Å². The van der Waals surface area contributed by atoms with Gasteiger partial charge in [-0.2, -0.15) is 4.91 Å². The fraction of sp³-hybridized carbons (Fsp3) is 0.333. The molecule has 1 aromatic rings. The standard InChI is InChI=1S/C6H8N2OS/c9-8-4-3-7-6-2-1-5-10-6/h1-2,5,7H,3-4H2. The minimum atomic E-state index is 0.331. The molecule has 0 aliphatic heterocycles. The number of rotatable bonds is 4. The highest BCUT2D eigenvalue weighted by atomic mass is 32.1. The number of nitrogens with zero attached hydrogens (tertiary/aromatic N) is 1. The Balaban J connectivity index is 2.21. The van der Waals surface area contributed by atoms with E-state index in [4.69, 9.17) is 0 Å². The summed E-state index contributed by atoms with van der Waals surface area (Å²) in [5.74, 6) is 0. The van der Waals surface area contributed by atoms with Crippen LogP contribution in [0.4, 0.5) is 5.00 Å². The van der Waals surface area contributed by atoms with E-state index >= 15 is 0 Å². The van der Waals surface area contributed by atoms with Crippen LogP contribution in [0.25, 0.3) is 0 Å². The van der Waals surface area contributed by atoms with Gasteiger partial charge < -0.3 is 5.32 Å². The quantitative estimate of drug-likeness (QED) is 0.534. The molecule has 1 heterocycles. The Bertz CT molecular complexity index is 186. The zero-order valence-electron chi connectivity index (χ0n) is 5.41.